The van der Waals surface area contributed by atoms with Gasteiger partial charge in [-0.2, -0.15) is 0 Å². The molecular weight excluding hydrogens is 398 g/mol. The number of carboxylic acid groups (broad SMARTS) is 1. The van der Waals surface area contributed by atoms with Crippen LogP contribution >= 0.6 is 0 Å². The van der Waals surface area contributed by atoms with Gasteiger partial charge in [0.25, 0.3) is 0 Å². The van der Waals surface area contributed by atoms with Gasteiger partial charge in [-0.05, 0) is 54.5 Å². The number of hydrogen-bond acceptors (Lipinski definition) is 4. The molecule has 1 aromatic heterocycles. The normalized spacial score (nSPS) is 15.9. The van der Waals surface area contributed by atoms with Crippen molar-refractivity contribution < 1.29 is 14.6 Å². The number of aromatic nitrogens is 1. The number of rotatable bonds is 8. The van der Waals surface area contributed by atoms with Crippen molar-refractivity contribution in [3.05, 3.63) is 71.4 Å². The molecule has 168 valence electrons. The number of aliphatic carboxylic acids is 1. The van der Waals surface area contributed by atoms with E-state index in [0.29, 0.717) is 6.61 Å². The molecular formula is C28H32NO3-. The highest BCUT2D eigenvalue weighted by molar-refractivity contribution is 5.78. The molecule has 1 unspecified atom stereocenters. The third kappa shape index (κ3) is 5.29. The number of benzene rings is 2. The molecule has 0 aliphatic heterocycles. The van der Waals surface area contributed by atoms with Crippen LogP contribution in [0.2, 0.25) is 0 Å². The predicted molar refractivity (Wildman–Crippen MR) is 125 cm³/mol. The lowest BCUT2D eigenvalue weighted by Crippen LogP contribution is -2.34. The van der Waals surface area contributed by atoms with Gasteiger partial charge in [0.05, 0.1) is 11.2 Å². The monoisotopic (exact) mass is 430 g/mol. The molecule has 1 aliphatic rings. The number of ether oxygens (including phenoxy) is 1. The maximum atomic E-state index is 12.1. The summed E-state index contributed by atoms with van der Waals surface area (Å²) in [6, 6.07) is 18.0. The van der Waals surface area contributed by atoms with Crippen LogP contribution < -0.4 is 9.84 Å². The van der Waals surface area contributed by atoms with Crippen molar-refractivity contribution in [2.45, 2.75) is 70.8 Å². The van der Waals surface area contributed by atoms with Gasteiger partial charge in [-0.3, -0.25) is 0 Å². The third-order valence-electron chi connectivity index (χ3n) is 6.62. The molecule has 32 heavy (non-hydrogen) atoms. The highest BCUT2D eigenvalue weighted by atomic mass is 16.5. The summed E-state index contributed by atoms with van der Waals surface area (Å²) in [5.41, 5.74) is 3.75. The third-order valence-corrected chi connectivity index (χ3v) is 6.62. The molecule has 0 bridgehead atoms. The number of pyridine rings is 1. The number of carbonyl (C=O) groups excluding carboxylic acids is 1. The second-order valence-electron chi connectivity index (χ2n) is 8.95. The molecule has 0 N–H and O–H groups in total. The minimum Gasteiger partial charge on any atom is -0.549 e. The largest absolute Gasteiger partial charge is 0.549 e. The molecule has 0 radical (unpaired) electrons. The van der Waals surface area contributed by atoms with Crippen molar-refractivity contribution >= 4 is 16.9 Å². The van der Waals surface area contributed by atoms with Crippen molar-refractivity contribution in [2.24, 2.45) is 5.92 Å². The Balaban J connectivity index is 1.55. The van der Waals surface area contributed by atoms with Crippen LogP contribution in [0.3, 0.4) is 0 Å². The molecule has 4 nitrogen and oxygen atoms in total. The second kappa shape index (κ2) is 10.6. The molecule has 0 saturated heterocycles. The molecule has 1 aliphatic carbocycles. The van der Waals surface area contributed by atoms with Crippen LogP contribution in [0.5, 0.6) is 5.75 Å². The van der Waals surface area contributed by atoms with E-state index in [0.717, 1.165) is 72.0 Å². The van der Waals surface area contributed by atoms with E-state index in [9.17, 15) is 9.90 Å². The van der Waals surface area contributed by atoms with E-state index in [1.807, 2.05) is 48.5 Å². The predicted octanol–water partition coefficient (Wildman–Crippen LogP) is 5.57. The highest BCUT2D eigenvalue weighted by Crippen LogP contribution is 2.37. The van der Waals surface area contributed by atoms with Gasteiger partial charge in [0.15, 0.2) is 0 Å². The van der Waals surface area contributed by atoms with Gasteiger partial charge < -0.3 is 14.6 Å². The Bertz CT molecular complexity index is 1050. The number of carboxylic acids is 1. The summed E-state index contributed by atoms with van der Waals surface area (Å²) in [5.74, 6) is -0.526. The minimum atomic E-state index is -0.951. The van der Waals surface area contributed by atoms with Gasteiger partial charge in [0.2, 0.25) is 0 Å². The quantitative estimate of drug-likeness (QED) is 0.438. The lowest BCUT2D eigenvalue weighted by Gasteiger charge is -2.28. The van der Waals surface area contributed by atoms with Crippen molar-refractivity contribution in [1.82, 2.24) is 4.98 Å². The summed E-state index contributed by atoms with van der Waals surface area (Å²) in [5, 5.41) is 13.2. The number of carbonyl (C=O) groups is 1. The highest BCUT2D eigenvalue weighted by Gasteiger charge is 2.26. The fourth-order valence-corrected chi connectivity index (χ4v) is 4.98. The number of aryl methyl sites for hydroxylation is 1. The van der Waals surface area contributed by atoms with E-state index in [-0.39, 0.29) is 5.92 Å². The Morgan fingerprint density at radius 2 is 1.84 bits per heavy atom. The summed E-state index contributed by atoms with van der Waals surface area (Å²) >= 11 is 0. The second-order valence-corrected chi connectivity index (χ2v) is 8.95. The Morgan fingerprint density at radius 1 is 1.06 bits per heavy atom. The van der Waals surface area contributed by atoms with Crippen molar-refractivity contribution in [3.63, 3.8) is 0 Å². The zero-order chi connectivity index (χ0) is 22.3. The number of para-hydroxylation sites is 1. The Labute approximate surface area is 190 Å². The summed E-state index contributed by atoms with van der Waals surface area (Å²) in [6.45, 7) is 2.51. The average molecular weight is 431 g/mol. The van der Waals surface area contributed by atoms with E-state index in [2.05, 4.69) is 13.0 Å². The topological polar surface area (TPSA) is 62.2 Å². The first kappa shape index (κ1) is 22.3. The summed E-state index contributed by atoms with van der Waals surface area (Å²) in [6.07, 6.45) is 8.36. The van der Waals surface area contributed by atoms with Crippen LogP contribution in [0, 0.1) is 5.92 Å². The minimum absolute atomic E-state index is 0.158. The van der Waals surface area contributed by atoms with Gasteiger partial charge in [-0.1, -0.05) is 75.4 Å². The van der Waals surface area contributed by atoms with Crippen LogP contribution in [0.15, 0.2) is 54.6 Å². The van der Waals surface area contributed by atoms with Crippen molar-refractivity contribution in [3.8, 4) is 5.75 Å². The molecule has 4 rings (SSSR count). The smallest absolute Gasteiger partial charge is 0.130 e. The molecule has 1 atom stereocenters. The first-order valence-corrected chi connectivity index (χ1v) is 12.0. The average Bonchev–Trinajstić information content (AvgIpc) is 3.08. The first-order chi connectivity index (χ1) is 15.7. The van der Waals surface area contributed by atoms with Crippen LogP contribution in [0.25, 0.3) is 10.9 Å². The van der Waals surface area contributed by atoms with E-state index in [1.165, 1.54) is 12.8 Å². The van der Waals surface area contributed by atoms with E-state index in [4.69, 9.17) is 9.72 Å². The fraction of sp³-hybridized carbons (Fsp3) is 0.429. The molecule has 1 heterocycles. The zero-order valence-electron chi connectivity index (χ0n) is 18.9. The lowest BCUT2D eigenvalue weighted by atomic mass is 9.80. The molecule has 2 aromatic carbocycles. The van der Waals surface area contributed by atoms with Gasteiger partial charge in [0.1, 0.15) is 12.4 Å². The van der Waals surface area contributed by atoms with Gasteiger partial charge in [0, 0.05) is 17.3 Å². The number of nitrogens with zero attached hydrogens (tertiary/aromatic N) is 1. The van der Waals surface area contributed by atoms with Crippen LogP contribution in [0.4, 0.5) is 0 Å². The maximum absolute atomic E-state index is 12.1. The van der Waals surface area contributed by atoms with Crippen molar-refractivity contribution in [2.75, 3.05) is 0 Å². The molecule has 0 amide bonds. The van der Waals surface area contributed by atoms with E-state index < -0.39 is 11.9 Å². The van der Waals surface area contributed by atoms with E-state index in [1.54, 1.807) is 0 Å². The van der Waals surface area contributed by atoms with Crippen LogP contribution in [0.1, 0.15) is 74.6 Å². The summed E-state index contributed by atoms with van der Waals surface area (Å²) in [4.78, 5) is 16.8. The van der Waals surface area contributed by atoms with Crippen LogP contribution in [-0.4, -0.2) is 11.0 Å². The number of fused-ring (bicyclic) bond motifs is 1. The zero-order valence-corrected chi connectivity index (χ0v) is 18.9. The van der Waals surface area contributed by atoms with Gasteiger partial charge >= 0.3 is 0 Å². The molecule has 0 spiro atoms. The Kier molecular flexibility index (Phi) is 7.41. The molecule has 1 fully saturated rings. The summed E-state index contributed by atoms with van der Waals surface area (Å²) in [7, 11) is 0. The SMILES string of the molecule is CCCc1cc(C(C(=O)[O-])C2CCCCCC2)ccc1OCc1ccc2ccccc2n1. The molecule has 3 aromatic rings. The van der Waals surface area contributed by atoms with E-state index >= 15 is 0 Å². The van der Waals surface area contributed by atoms with Gasteiger partial charge in [-0.15, -0.1) is 0 Å². The van der Waals surface area contributed by atoms with Crippen molar-refractivity contribution in [1.29, 1.82) is 0 Å². The Morgan fingerprint density at radius 3 is 2.59 bits per heavy atom. The van der Waals surface area contributed by atoms with Crippen LogP contribution in [-0.2, 0) is 17.8 Å². The number of hydrogen-bond donors (Lipinski definition) is 0. The van der Waals surface area contributed by atoms with Gasteiger partial charge in [-0.25, -0.2) is 4.98 Å². The first-order valence-electron chi connectivity index (χ1n) is 12.0. The molecule has 4 heteroatoms. The standard InChI is InChI=1S/C28H33NO3/c1-2-9-22-18-23(27(28(30)31)21-11-5-3-4-6-12-21)15-17-26(22)32-19-24-16-14-20-10-7-8-13-25(20)29-24/h7-8,10,13-18,21,27H,2-6,9,11-12,19H2,1H3,(H,30,31)/p-1. The lowest BCUT2D eigenvalue weighted by molar-refractivity contribution is -0.309. The molecule has 1 saturated carbocycles. The Hall–Kier alpha value is -2.88. The fourth-order valence-electron chi connectivity index (χ4n) is 4.98. The maximum Gasteiger partial charge on any atom is 0.130 e. The summed E-state index contributed by atoms with van der Waals surface area (Å²) < 4.78 is 6.16.